The van der Waals surface area contributed by atoms with E-state index in [1.807, 2.05) is 24.3 Å². The van der Waals surface area contributed by atoms with Crippen LogP contribution in [-0.2, 0) is 6.42 Å². The topological polar surface area (TPSA) is 150 Å². The van der Waals surface area contributed by atoms with E-state index in [0.29, 0.717) is 11.4 Å². The quantitative estimate of drug-likeness (QED) is 0.456. The van der Waals surface area contributed by atoms with Crippen molar-refractivity contribution in [2.24, 2.45) is 0 Å². The third kappa shape index (κ3) is 4.87. The van der Waals surface area contributed by atoms with Gasteiger partial charge in [-0.1, -0.05) is 23.5 Å². The molecule has 0 aliphatic carbocycles. The van der Waals surface area contributed by atoms with Gasteiger partial charge in [0.2, 0.25) is 5.13 Å². The van der Waals surface area contributed by atoms with Gasteiger partial charge in [0.05, 0.1) is 28.6 Å². The summed E-state index contributed by atoms with van der Waals surface area (Å²) in [6, 6.07) is 10.1. The first-order valence-corrected chi connectivity index (χ1v) is 8.88. The number of aromatic nitrogens is 2. The zero-order valence-electron chi connectivity index (χ0n) is 14.9. The van der Waals surface area contributed by atoms with Gasteiger partial charge in [0.25, 0.3) is 17.3 Å². The molecule has 11 nitrogen and oxygen atoms in total. The molecule has 0 aliphatic heterocycles. The number of nitrogens with zero attached hydrogens (tertiary/aromatic N) is 4. The van der Waals surface area contributed by atoms with Gasteiger partial charge >= 0.3 is 0 Å². The Morgan fingerprint density at radius 3 is 2.24 bits per heavy atom. The number of anilines is 1. The fourth-order valence-corrected chi connectivity index (χ4v) is 3.17. The minimum absolute atomic E-state index is 0.174. The van der Waals surface area contributed by atoms with Gasteiger partial charge in [0.1, 0.15) is 10.8 Å². The molecule has 12 heteroatoms. The van der Waals surface area contributed by atoms with E-state index >= 15 is 0 Å². The molecule has 0 saturated carbocycles. The van der Waals surface area contributed by atoms with E-state index < -0.39 is 27.1 Å². The molecule has 0 radical (unpaired) electrons. The number of hydrogen-bond acceptors (Lipinski definition) is 9. The zero-order chi connectivity index (χ0) is 21.0. The Morgan fingerprint density at radius 1 is 1.07 bits per heavy atom. The molecule has 0 unspecified atom stereocenters. The molecule has 0 aliphatic rings. The van der Waals surface area contributed by atoms with Gasteiger partial charge in [0, 0.05) is 18.6 Å². The number of nitro benzene ring substituents is 2. The molecule has 29 heavy (non-hydrogen) atoms. The fourth-order valence-electron chi connectivity index (χ4n) is 2.40. The molecule has 148 valence electrons. The number of hydrogen-bond donors (Lipinski definition) is 1. The second kappa shape index (κ2) is 8.39. The summed E-state index contributed by atoms with van der Waals surface area (Å²) in [7, 11) is 1.57. The van der Waals surface area contributed by atoms with Crippen LogP contribution in [0.1, 0.15) is 20.9 Å². The summed E-state index contributed by atoms with van der Waals surface area (Å²) in [4.78, 5) is 32.7. The molecule has 0 atom stereocenters. The molecular weight excluding hydrogens is 402 g/mol. The predicted octanol–water partition coefficient (Wildman–Crippen LogP) is 3.21. The molecule has 0 bridgehead atoms. The Labute approximate surface area is 167 Å². The molecule has 0 spiro atoms. The van der Waals surface area contributed by atoms with Crippen molar-refractivity contribution < 1.29 is 19.4 Å². The molecule has 1 N–H and O–H groups in total. The number of rotatable bonds is 7. The average Bonchev–Trinajstić information content (AvgIpc) is 3.14. The van der Waals surface area contributed by atoms with E-state index in [1.165, 1.54) is 0 Å². The molecule has 3 rings (SSSR count). The van der Waals surface area contributed by atoms with Gasteiger partial charge in [0.15, 0.2) is 0 Å². The van der Waals surface area contributed by atoms with Gasteiger partial charge in [-0.2, -0.15) is 0 Å². The molecule has 3 aromatic rings. The SMILES string of the molecule is COc1ccc(Cc2nnc(NC(=O)c3cc([N+](=O)[O-])cc([N+](=O)[O-])c3)s2)cc1. The van der Waals surface area contributed by atoms with E-state index in [1.54, 1.807) is 7.11 Å². The van der Waals surface area contributed by atoms with Gasteiger partial charge in [-0.3, -0.25) is 30.3 Å². The van der Waals surface area contributed by atoms with Crippen LogP contribution >= 0.6 is 11.3 Å². The lowest BCUT2D eigenvalue weighted by molar-refractivity contribution is -0.394. The number of ether oxygens (including phenoxy) is 1. The maximum atomic E-state index is 12.4. The monoisotopic (exact) mass is 415 g/mol. The summed E-state index contributed by atoms with van der Waals surface area (Å²) < 4.78 is 5.10. The highest BCUT2D eigenvalue weighted by Crippen LogP contribution is 2.25. The van der Waals surface area contributed by atoms with Crippen molar-refractivity contribution in [2.45, 2.75) is 6.42 Å². The lowest BCUT2D eigenvalue weighted by Gasteiger charge is -2.02. The van der Waals surface area contributed by atoms with Crippen LogP contribution in [0, 0.1) is 20.2 Å². The third-order valence-corrected chi connectivity index (χ3v) is 4.63. The number of nitrogens with one attached hydrogen (secondary N) is 1. The van der Waals surface area contributed by atoms with Crippen molar-refractivity contribution in [3.05, 3.63) is 78.8 Å². The highest BCUT2D eigenvalue weighted by molar-refractivity contribution is 7.15. The second-order valence-corrected chi connectivity index (χ2v) is 6.79. The number of methoxy groups -OCH3 is 1. The van der Waals surface area contributed by atoms with Crippen LogP contribution in [-0.4, -0.2) is 33.1 Å². The number of benzene rings is 2. The fraction of sp³-hybridized carbons (Fsp3) is 0.118. The highest BCUT2D eigenvalue weighted by Gasteiger charge is 2.20. The smallest absolute Gasteiger partial charge is 0.277 e. The largest absolute Gasteiger partial charge is 0.497 e. The van der Waals surface area contributed by atoms with Crippen LogP contribution in [0.4, 0.5) is 16.5 Å². The van der Waals surface area contributed by atoms with Gasteiger partial charge in [-0.15, -0.1) is 10.2 Å². The van der Waals surface area contributed by atoms with Crippen LogP contribution in [0.3, 0.4) is 0 Å². The van der Waals surface area contributed by atoms with E-state index in [9.17, 15) is 25.0 Å². The number of carbonyl (C=O) groups is 1. The van der Waals surface area contributed by atoms with Crippen molar-refractivity contribution in [3.8, 4) is 5.75 Å². The lowest BCUT2D eigenvalue weighted by atomic mass is 10.1. The normalized spacial score (nSPS) is 10.4. The van der Waals surface area contributed by atoms with Crippen molar-refractivity contribution in [1.82, 2.24) is 10.2 Å². The number of non-ortho nitro benzene ring substituents is 2. The van der Waals surface area contributed by atoms with E-state index in [4.69, 9.17) is 4.74 Å². The summed E-state index contributed by atoms with van der Waals surface area (Å²) >= 11 is 1.13. The van der Waals surface area contributed by atoms with Crippen molar-refractivity contribution in [2.75, 3.05) is 12.4 Å². The maximum Gasteiger partial charge on any atom is 0.277 e. The maximum absolute atomic E-state index is 12.4. The highest BCUT2D eigenvalue weighted by atomic mass is 32.1. The van der Waals surface area contributed by atoms with Crippen LogP contribution in [0.2, 0.25) is 0 Å². The molecular formula is C17H13N5O6S. The molecule has 0 saturated heterocycles. The van der Waals surface area contributed by atoms with E-state index in [2.05, 4.69) is 15.5 Å². The molecule has 1 heterocycles. The van der Waals surface area contributed by atoms with E-state index in [-0.39, 0.29) is 10.7 Å². The van der Waals surface area contributed by atoms with Crippen LogP contribution in [0.25, 0.3) is 0 Å². The molecule has 1 aromatic heterocycles. The minimum atomic E-state index is -0.804. The Kier molecular flexibility index (Phi) is 5.74. The van der Waals surface area contributed by atoms with Gasteiger partial charge in [-0.05, 0) is 17.7 Å². The zero-order valence-corrected chi connectivity index (χ0v) is 15.7. The Hall–Kier alpha value is -3.93. The number of carbonyl (C=O) groups excluding carboxylic acids is 1. The first kappa shape index (κ1) is 19.8. The molecule has 1 amide bonds. The van der Waals surface area contributed by atoms with Crippen molar-refractivity contribution >= 4 is 33.8 Å². The number of nitro groups is 2. The summed E-state index contributed by atoms with van der Waals surface area (Å²) in [5.41, 5.74) is -0.365. The standard InChI is InChI=1S/C17H13N5O6S/c1-28-14-4-2-10(3-5-14)6-15-19-20-17(29-15)18-16(23)11-7-12(21(24)25)9-13(8-11)22(26)27/h2-5,7-9H,6H2,1H3,(H,18,20,23). The van der Waals surface area contributed by atoms with Crippen molar-refractivity contribution in [1.29, 1.82) is 0 Å². The Morgan fingerprint density at radius 2 is 1.69 bits per heavy atom. The summed E-state index contributed by atoms with van der Waals surface area (Å²) in [6.45, 7) is 0. The first-order valence-electron chi connectivity index (χ1n) is 8.06. The van der Waals surface area contributed by atoms with Gasteiger partial charge < -0.3 is 4.74 Å². The van der Waals surface area contributed by atoms with Crippen LogP contribution in [0.5, 0.6) is 5.75 Å². The first-order chi connectivity index (χ1) is 13.9. The van der Waals surface area contributed by atoms with Crippen LogP contribution < -0.4 is 10.1 Å². The van der Waals surface area contributed by atoms with Gasteiger partial charge in [-0.25, -0.2) is 0 Å². The molecule has 2 aromatic carbocycles. The second-order valence-electron chi connectivity index (χ2n) is 5.73. The van der Waals surface area contributed by atoms with E-state index in [0.717, 1.165) is 40.8 Å². The molecule has 0 fully saturated rings. The van der Waals surface area contributed by atoms with Crippen molar-refractivity contribution in [3.63, 3.8) is 0 Å². The summed E-state index contributed by atoms with van der Waals surface area (Å²) in [6.07, 6.45) is 0.486. The summed E-state index contributed by atoms with van der Waals surface area (Å²) in [5.74, 6) is -0.0334. The third-order valence-electron chi connectivity index (χ3n) is 3.79. The summed E-state index contributed by atoms with van der Waals surface area (Å²) in [5, 5.41) is 33.0. The Bertz CT molecular complexity index is 1050. The Balaban J connectivity index is 1.74. The minimum Gasteiger partial charge on any atom is -0.497 e. The lowest BCUT2D eigenvalue weighted by Crippen LogP contribution is -2.12. The van der Waals surface area contributed by atoms with Crippen LogP contribution in [0.15, 0.2) is 42.5 Å². The average molecular weight is 415 g/mol. The number of amides is 1. The predicted molar refractivity (Wildman–Crippen MR) is 103 cm³/mol.